The predicted molar refractivity (Wildman–Crippen MR) is 60.3 cm³/mol. The molecule has 86 valence electrons. The first-order chi connectivity index (χ1) is 8.24. The highest BCUT2D eigenvalue weighted by atomic mass is 16.5. The smallest absolute Gasteiger partial charge is 0.337 e. The van der Waals surface area contributed by atoms with Crippen molar-refractivity contribution in [2.75, 3.05) is 7.11 Å². The minimum absolute atomic E-state index is 0.363. The lowest BCUT2D eigenvalue weighted by Gasteiger charge is -2.02. The number of aldehydes is 1. The zero-order valence-electron chi connectivity index (χ0n) is 9.16. The second-order valence-electron chi connectivity index (χ2n) is 3.34. The number of rotatable bonds is 3. The maximum atomic E-state index is 11.2. The molecule has 1 heterocycles. The molecule has 0 aliphatic heterocycles. The van der Waals surface area contributed by atoms with Crippen molar-refractivity contribution in [1.82, 2.24) is 9.78 Å². The van der Waals surface area contributed by atoms with Gasteiger partial charge in [-0.1, -0.05) is 0 Å². The standard InChI is InChI=1S/C12H10N2O3/c1-17-12(16)9-2-4-11(5-3-9)14-7-6-10(8-15)13-14/h2-8H,1H3. The van der Waals surface area contributed by atoms with Gasteiger partial charge >= 0.3 is 5.97 Å². The van der Waals surface area contributed by atoms with Crippen molar-refractivity contribution in [2.24, 2.45) is 0 Å². The van der Waals surface area contributed by atoms with Crippen molar-refractivity contribution in [3.8, 4) is 5.69 Å². The number of nitrogens with zero attached hydrogens (tertiary/aromatic N) is 2. The summed E-state index contributed by atoms with van der Waals surface area (Å²) in [4.78, 5) is 21.7. The summed E-state index contributed by atoms with van der Waals surface area (Å²) in [5.41, 5.74) is 1.60. The number of esters is 1. The highest BCUT2D eigenvalue weighted by Gasteiger charge is 2.05. The van der Waals surface area contributed by atoms with Gasteiger partial charge in [-0.05, 0) is 30.3 Å². The molecule has 2 aromatic rings. The molecule has 0 fully saturated rings. The summed E-state index contributed by atoms with van der Waals surface area (Å²) in [7, 11) is 1.33. The molecule has 0 radical (unpaired) electrons. The van der Waals surface area contributed by atoms with E-state index < -0.39 is 0 Å². The van der Waals surface area contributed by atoms with E-state index in [4.69, 9.17) is 0 Å². The monoisotopic (exact) mass is 230 g/mol. The van der Waals surface area contributed by atoms with Crippen LogP contribution in [0.25, 0.3) is 5.69 Å². The summed E-state index contributed by atoms with van der Waals surface area (Å²) in [6.07, 6.45) is 2.36. The molecule has 5 heteroatoms. The van der Waals surface area contributed by atoms with Crippen LogP contribution in [0.15, 0.2) is 36.5 Å². The van der Waals surface area contributed by atoms with Crippen LogP contribution < -0.4 is 0 Å². The molecule has 0 spiro atoms. The molecule has 1 aromatic heterocycles. The van der Waals surface area contributed by atoms with E-state index in [0.29, 0.717) is 17.5 Å². The van der Waals surface area contributed by atoms with E-state index >= 15 is 0 Å². The van der Waals surface area contributed by atoms with Gasteiger partial charge in [0.2, 0.25) is 0 Å². The van der Waals surface area contributed by atoms with E-state index in [1.54, 1.807) is 41.2 Å². The molecule has 0 saturated heterocycles. The van der Waals surface area contributed by atoms with Crippen molar-refractivity contribution < 1.29 is 14.3 Å². The molecule has 0 amide bonds. The summed E-state index contributed by atoms with van der Waals surface area (Å²) in [6, 6.07) is 8.36. The fraction of sp³-hybridized carbons (Fsp3) is 0.0833. The van der Waals surface area contributed by atoms with Crippen LogP contribution in [-0.2, 0) is 4.74 Å². The molecule has 2 rings (SSSR count). The topological polar surface area (TPSA) is 61.2 Å². The van der Waals surface area contributed by atoms with Gasteiger partial charge in [0.25, 0.3) is 0 Å². The predicted octanol–water partition coefficient (Wildman–Crippen LogP) is 1.47. The van der Waals surface area contributed by atoms with Gasteiger partial charge in [-0.3, -0.25) is 4.79 Å². The first-order valence-corrected chi connectivity index (χ1v) is 4.94. The normalized spacial score (nSPS) is 9.94. The van der Waals surface area contributed by atoms with Crippen LogP contribution in [0.1, 0.15) is 20.8 Å². The Morgan fingerprint density at radius 2 is 2.00 bits per heavy atom. The summed E-state index contributed by atoms with van der Waals surface area (Å²) < 4.78 is 6.16. The van der Waals surface area contributed by atoms with Crippen LogP contribution >= 0.6 is 0 Å². The number of methoxy groups -OCH3 is 1. The molecule has 5 nitrogen and oxygen atoms in total. The fourth-order valence-electron chi connectivity index (χ4n) is 1.41. The van der Waals surface area contributed by atoms with Crippen molar-refractivity contribution in [1.29, 1.82) is 0 Å². The Balaban J connectivity index is 2.28. The third-order valence-electron chi connectivity index (χ3n) is 2.28. The first kappa shape index (κ1) is 11.1. The highest BCUT2D eigenvalue weighted by molar-refractivity contribution is 5.89. The Bertz CT molecular complexity index is 543. The minimum atomic E-state index is -0.384. The van der Waals surface area contributed by atoms with Crippen molar-refractivity contribution in [3.63, 3.8) is 0 Å². The van der Waals surface area contributed by atoms with Gasteiger partial charge in [-0.15, -0.1) is 0 Å². The molecule has 0 atom stereocenters. The van der Waals surface area contributed by atoms with Gasteiger partial charge in [0.05, 0.1) is 18.4 Å². The zero-order chi connectivity index (χ0) is 12.3. The van der Waals surface area contributed by atoms with Crippen LogP contribution in [0, 0.1) is 0 Å². The third-order valence-corrected chi connectivity index (χ3v) is 2.28. The quantitative estimate of drug-likeness (QED) is 0.591. The zero-order valence-corrected chi connectivity index (χ0v) is 9.16. The maximum Gasteiger partial charge on any atom is 0.337 e. The summed E-state index contributed by atoms with van der Waals surface area (Å²) >= 11 is 0. The van der Waals surface area contributed by atoms with Gasteiger partial charge in [-0.25, -0.2) is 9.48 Å². The fourth-order valence-corrected chi connectivity index (χ4v) is 1.41. The highest BCUT2D eigenvalue weighted by Crippen LogP contribution is 2.10. The lowest BCUT2D eigenvalue weighted by atomic mass is 10.2. The molecule has 17 heavy (non-hydrogen) atoms. The number of hydrogen-bond acceptors (Lipinski definition) is 4. The van der Waals surface area contributed by atoms with Crippen LogP contribution in [0.3, 0.4) is 0 Å². The molecule has 0 unspecified atom stereocenters. The van der Waals surface area contributed by atoms with Crippen molar-refractivity contribution >= 4 is 12.3 Å². The number of ether oxygens (including phenoxy) is 1. The molecule has 0 N–H and O–H groups in total. The lowest BCUT2D eigenvalue weighted by Crippen LogP contribution is -2.02. The molecular formula is C12H10N2O3. The number of benzene rings is 1. The van der Waals surface area contributed by atoms with Crippen molar-refractivity contribution in [2.45, 2.75) is 0 Å². The molecule has 0 aliphatic carbocycles. The minimum Gasteiger partial charge on any atom is -0.465 e. The van der Waals surface area contributed by atoms with E-state index in [0.717, 1.165) is 5.69 Å². The van der Waals surface area contributed by atoms with E-state index in [1.807, 2.05) is 0 Å². The Labute approximate surface area is 97.6 Å². The summed E-state index contributed by atoms with van der Waals surface area (Å²) in [5, 5.41) is 4.03. The van der Waals surface area contributed by atoms with Crippen LogP contribution in [0.4, 0.5) is 0 Å². The second-order valence-corrected chi connectivity index (χ2v) is 3.34. The van der Waals surface area contributed by atoms with E-state index in [-0.39, 0.29) is 5.97 Å². The summed E-state index contributed by atoms with van der Waals surface area (Å²) in [6.45, 7) is 0. The van der Waals surface area contributed by atoms with E-state index in [9.17, 15) is 9.59 Å². The van der Waals surface area contributed by atoms with E-state index in [1.165, 1.54) is 7.11 Å². The first-order valence-electron chi connectivity index (χ1n) is 4.94. The van der Waals surface area contributed by atoms with Gasteiger partial charge in [-0.2, -0.15) is 5.10 Å². The molecule has 0 bridgehead atoms. The van der Waals surface area contributed by atoms with Crippen LogP contribution in [0.5, 0.6) is 0 Å². The molecule has 0 aliphatic rings. The SMILES string of the molecule is COC(=O)c1ccc(-n2ccc(C=O)n2)cc1. The largest absolute Gasteiger partial charge is 0.465 e. The van der Waals surface area contributed by atoms with Gasteiger partial charge in [0.1, 0.15) is 5.69 Å². The molecule has 1 aromatic carbocycles. The third kappa shape index (κ3) is 2.23. The Hall–Kier alpha value is -2.43. The van der Waals surface area contributed by atoms with Gasteiger partial charge < -0.3 is 4.74 Å². The number of carbonyl (C=O) groups excluding carboxylic acids is 2. The van der Waals surface area contributed by atoms with Crippen molar-refractivity contribution in [3.05, 3.63) is 47.8 Å². The Morgan fingerprint density at radius 3 is 2.53 bits per heavy atom. The number of aromatic nitrogens is 2. The number of hydrogen-bond donors (Lipinski definition) is 0. The average Bonchev–Trinajstić information content (AvgIpc) is 2.87. The van der Waals surface area contributed by atoms with E-state index in [2.05, 4.69) is 9.84 Å². The van der Waals surface area contributed by atoms with Gasteiger partial charge in [0.15, 0.2) is 6.29 Å². The average molecular weight is 230 g/mol. The maximum absolute atomic E-state index is 11.2. The lowest BCUT2D eigenvalue weighted by molar-refractivity contribution is 0.0600. The second kappa shape index (κ2) is 4.61. The Kier molecular flexibility index (Phi) is 3.00. The Morgan fingerprint density at radius 1 is 1.29 bits per heavy atom. The molecule has 0 saturated carbocycles. The van der Waals surface area contributed by atoms with Crippen LogP contribution in [-0.4, -0.2) is 29.1 Å². The number of carbonyl (C=O) groups is 2. The molecular weight excluding hydrogens is 220 g/mol. The summed E-state index contributed by atoms with van der Waals surface area (Å²) in [5.74, 6) is -0.384. The van der Waals surface area contributed by atoms with Crippen LogP contribution in [0.2, 0.25) is 0 Å². The van der Waals surface area contributed by atoms with Gasteiger partial charge in [0, 0.05) is 6.20 Å².